The van der Waals surface area contributed by atoms with Gasteiger partial charge >= 0.3 is 0 Å². The van der Waals surface area contributed by atoms with Crippen molar-refractivity contribution in [2.45, 2.75) is 51.5 Å². The average Bonchev–Trinajstić information content (AvgIpc) is 2.78. The molecule has 0 radical (unpaired) electrons. The Morgan fingerprint density at radius 2 is 1.94 bits per heavy atom. The molecule has 1 unspecified atom stereocenters. The second-order valence-corrected chi connectivity index (χ2v) is 4.33. The van der Waals surface area contributed by atoms with Crippen LogP contribution < -0.4 is 5.73 Å². The van der Waals surface area contributed by atoms with Crippen molar-refractivity contribution in [2.24, 2.45) is 5.73 Å². The molecule has 0 aliphatic heterocycles. The Bertz CT molecular complexity index is 308. The fourth-order valence-electron chi connectivity index (χ4n) is 1.91. The lowest BCUT2D eigenvalue weighted by molar-refractivity contribution is 0.177. The Labute approximate surface area is 103 Å². The predicted octanol–water partition coefficient (Wildman–Crippen LogP) is 2.40. The molecule has 0 fully saturated rings. The van der Waals surface area contributed by atoms with Gasteiger partial charge in [-0.05, 0) is 12.8 Å². The van der Waals surface area contributed by atoms with Crippen molar-refractivity contribution < 1.29 is 9.26 Å². The lowest BCUT2D eigenvalue weighted by Gasteiger charge is -2.09. The molecule has 0 aliphatic rings. The maximum atomic E-state index is 5.86. The standard InChI is InChI=1S/C12H23N3O2/c1-4-6-9(7-5-2)12-14-11(15-17-12)10(13)8-16-3/h9-10H,4-8,13H2,1-3H3. The molecule has 0 spiro atoms. The largest absolute Gasteiger partial charge is 0.383 e. The van der Waals surface area contributed by atoms with Crippen LogP contribution in [0.4, 0.5) is 0 Å². The first-order valence-corrected chi connectivity index (χ1v) is 6.30. The van der Waals surface area contributed by atoms with Crippen molar-refractivity contribution >= 4 is 0 Å². The summed E-state index contributed by atoms with van der Waals surface area (Å²) in [6, 6.07) is -0.304. The van der Waals surface area contributed by atoms with Gasteiger partial charge in [0.25, 0.3) is 0 Å². The Hall–Kier alpha value is -0.940. The smallest absolute Gasteiger partial charge is 0.229 e. The van der Waals surface area contributed by atoms with Crippen LogP contribution >= 0.6 is 0 Å². The SMILES string of the molecule is CCCC(CCC)c1nc(C(N)COC)no1. The lowest BCUT2D eigenvalue weighted by atomic mass is 9.98. The molecule has 0 saturated heterocycles. The maximum absolute atomic E-state index is 5.86. The molecule has 0 aliphatic carbocycles. The Balaban J connectivity index is 2.69. The molecule has 0 amide bonds. The summed E-state index contributed by atoms with van der Waals surface area (Å²) in [6.45, 7) is 4.73. The highest BCUT2D eigenvalue weighted by atomic mass is 16.5. The highest BCUT2D eigenvalue weighted by Crippen LogP contribution is 2.25. The van der Waals surface area contributed by atoms with Crippen LogP contribution in [-0.2, 0) is 4.74 Å². The van der Waals surface area contributed by atoms with Gasteiger partial charge in [-0.2, -0.15) is 4.98 Å². The van der Waals surface area contributed by atoms with Gasteiger partial charge in [0.05, 0.1) is 12.6 Å². The number of hydrogen-bond donors (Lipinski definition) is 1. The fraction of sp³-hybridized carbons (Fsp3) is 0.833. The molecule has 0 saturated carbocycles. The van der Waals surface area contributed by atoms with Gasteiger partial charge < -0.3 is 15.0 Å². The van der Waals surface area contributed by atoms with Crippen molar-refractivity contribution in [1.82, 2.24) is 10.1 Å². The molecule has 1 rings (SSSR count). The van der Waals surface area contributed by atoms with E-state index in [1.54, 1.807) is 7.11 Å². The third-order valence-electron chi connectivity index (χ3n) is 2.76. The van der Waals surface area contributed by atoms with E-state index in [0.717, 1.165) is 31.6 Å². The minimum atomic E-state index is -0.304. The first kappa shape index (κ1) is 14.1. The summed E-state index contributed by atoms with van der Waals surface area (Å²) in [4.78, 5) is 4.38. The first-order chi connectivity index (χ1) is 8.22. The number of methoxy groups -OCH3 is 1. The number of nitrogens with zero attached hydrogens (tertiary/aromatic N) is 2. The van der Waals surface area contributed by atoms with Crippen molar-refractivity contribution in [1.29, 1.82) is 0 Å². The summed E-state index contributed by atoms with van der Waals surface area (Å²) in [5.74, 6) is 1.62. The van der Waals surface area contributed by atoms with Gasteiger partial charge in [-0.25, -0.2) is 0 Å². The zero-order valence-corrected chi connectivity index (χ0v) is 11.0. The van der Waals surface area contributed by atoms with Crippen molar-refractivity contribution in [3.05, 3.63) is 11.7 Å². The van der Waals surface area contributed by atoms with E-state index in [9.17, 15) is 0 Å². The first-order valence-electron chi connectivity index (χ1n) is 6.30. The third kappa shape index (κ3) is 4.09. The molecular weight excluding hydrogens is 218 g/mol. The Morgan fingerprint density at radius 3 is 2.47 bits per heavy atom. The number of hydrogen-bond acceptors (Lipinski definition) is 5. The number of ether oxygens (including phenoxy) is 1. The van der Waals surface area contributed by atoms with E-state index in [1.807, 2.05) is 0 Å². The van der Waals surface area contributed by atoms with E-state index in [1.165, 1.54) is 0 Å². The molecule has 1 aromatic heterocycles. The minimum absolute atomic E-state index is 0.304. The summed E-state index contributed by atoms with van der Waals surface area (Å²) in [5, 5.41) is 3.93. The molecule has 5 heteroatoms. The van der Waals surface area contributed by atoms with Crippen LogP contribution in [0.15, 0.2) is 4.52 Å². The second-order valence-electron chi connectivity index (χ2n) is 4.33. The minimum Gasteiger partial charge on any atom is -0.383 e. The zero-order chi connectivity index (χ0) is 12.7. The van der Waals surface area contributed by atoms with Gasteiger partial charge in [0.2, 0.25) is 5.89 Å². The van der Waals surface area contributed by atoms with E-state index in [2.05, 4.69) is 24.0 Å². The normalized spacial score (nSPS) is 13.2. The number of rotatable bonds is 8. The van der Waals surface area contributed by atoms with Crippen LogP contribution in [0, 0.1) is 0 Å². The second kappa shape index (κ2) is 7.40. The summed E-state index contributed by atoms with van der Waals surface area (Å²) in [7, 11) is 1.61. The summed E-state index contributed by atoms with van der Waals surface area (Å²) in [6.07, 6.45) is 4.39. The van der Waals surface area contributed by atoms with E-state index < -0.39 is 0 Å². The summed E-state index contributed by atoms with van der Waals surface area (Å²) < 4.78 is 10.3. The molecule has 0 aromatic carbocycles. The molecule has 98 valence electrons. The molecule has 5 nitrogen and oxygen atoms in total. The van der Waals surface area contributed by atoms with Crippen LogP contribution in [0.1, 0.15) is 63.2 Å². The van der Waals surface area contributed by atoms with Crippen LogP contribution in [-0.4, -0.2) is 23.9 Å². The molecule has 1 heterocycles. The van der Waals surface area contributed by atoms with Crippen molar-refractivity contribution in [3.63, 3.8) is 0 Å². The van der Waals surface area contributed by atoms with E-state index >= 15 is 0 Å². The van der Waals surface area contributed by atoms with Crippen molar-refractivity contribution in [2.75, 3.05) is 13.7 Å². The number of nitrogens with two attached hydrogens (primary N) is 1. The lowest BCUT2D eigenvalue weighted by Crippen LogP contribution is -2.17. The van der Waals surface area contributed by atoms with E-state index in [0.29, 0.717) is 18.3 Å². The predicted molar refractivity (Wildman–Crippen MR) is 65.7 cm³/mol. The molecule has 0 bridgehead atoms. The Kier molecular flexibility index (Phi) is 6.15. The van der Waals surface area contributed by atoms with Crippen LogP contribution in [0.5, 0.6) is 0 Å². The highest BCUT2D eigenvalue weighted by Gasteiger charge is 2.20. The van der Waals surface area contributed by atoms with Crippen LogP contribution in [0.3, 0.4) is 0 Å². The highest BCUT2D eigenvalue weighted by molar-refractivity contribution is 4.97. The van der Waals surface area contributed by atoms with Gasteiger partial charge in [-0.3, -0.25) is 0 Å². The van der Waals surface area contributed by atoms with Gasteiger partial charge in [0, 0.05) is 13.0 Å². The van der Waals surface area contributed by atoms with Gasteiger partial charge in [-0.1, -0.05) is 31.8 Å². The fourth-order valence-corrected chi connectivity index (χ4v) is 1.91. The zero-order valence-electron chi connectivity index (χ0n) is 11.0. The molecule has 1 aromatic rings. The van der Waals surface area contributed by atoms with Crippen molar-refractivity contribution in [3.8, 4) is 0 Å². The Morgan fingerprint density at radius 1 is 1.29 bits per heavy atom. The summed E-state index contributed by atoms with van der Waals surface area (Å²) in [5.41, 5.74) is 5.86. The molecular formula is C12H23N3O2. The number of aromatic nitrogens is 2. The topological polar surface area (TPSA) is 74.2 Å². The maximum Gasteiger partial charge on any atom is 0.229 e. The van der Waals surface area contributed by atoms with E-state index in [4.69, 9.17) is 15.0 Å². The third-order valence-corrected chi connectivity index (χ3v) is 2.76. The van der Waals surface area contributed by atoms with Gasteiger partial charge in [0.1, 0.15) is 0 Å². The summed E-state index contributed by atoms with van der Waals surface area (Å²) >= 11 is 0. The monoisotopic (exact) mass is 241 g/mol. The van der Waals surface area contributed by atoms with Gasteiger partial charge in [0.15, 0.2) is 5.82 Å². The van der Waals surface area contributed by atoms with E-state index in [-0.39, 0.29) is 6.04 Å². The van der Waals surface area contributed by atoms with Crippen LogP contribution in [0.2, 0.25) is 0 Å². The quantitative estimate of drug-likeness (QED) is 0.756. The molecule has 1 atom stereocenters. The molecule has 17 heavy (non-hydrogen) atoms. The average molecular weight is 241 g/mol. The van der Waals surface area contributed by atoms with Gasteiger partial charge in [-0.15, -0.1) is 0 Å². The molecule has 2 N–H and O–H groups in total. The van der Waals surface area contributed by atoms with Crippen LogP contribution in [0.25, 0.3) is 0 Å².